The number of carboxylic acids is 1. The smallest absolute Gasteiger partial charge is 0.326 e. The lowest BCUT2D eigenvalue weighted by Gasteiger charge is -2.18. The molecule has 2 atom stereocenters. The highest BCUT2D eigenvalue weighted by Crippen LogP contribution is 2.19. The maximum Gasteiger partial charge on any atom is 0.326 e. The third-order valence-electron chi connectivity index (χ3n) is 4.44. The number of phenolic OH excluding ortho intramolecular Hbond substituents is 1. The van der Waals surface area contributed by atoms with Crippen molar-refractivity contribution in [1.82, 2.24) is 10.3 Å². The summed E-state index contributed by atoms with van der Waals surface area (Å²) < 4.78 is 0. The van der Waals surface area contributed by atoms with Crippen LogP contribution >= 0.6 is 0 Å². The van der Waals surface area contributed by atoms with Gasteiger partial charge in [-0.3, -0.25) is 4.79 Å². The van der Waals surface area contributed by atoms with Gasteiger partial charge < -0.3 is 26.2 Å². The molecule has 6 N–H and O–H groups in total. The number of para-hydroxylation sites is 1. The number of nitrogens with one attached hydrogen (secondary N) is 2. The highest BCUT2D eigenvalue weighted by atomic mass is 16.4. The highest BCUT2D eigenvalue weighted by molar-refractivity contribution is 5.88. The van der Waals surface area contributed by atoms with Gasteiger partial charge in [-0.05, 0) is 35.7 Å². The van der Waals surface area contributed by atoms with Crippen molar-refractivity contribution in [2.45, 2.75) is 24.9 Å². The zero-order chi connectivity index (χ0) is 19.4. The van der Waals surface area contributed by atoms with E-state index in [4.69, 9.17) is 5.73 Å². The van der Waals surface area contributed by atoms with Crippen LogP contribution in [0.2, 0.25) is 0 Å². The summed E-state index contributed by atoms with van der Waals surface area (Å²) in [7, 11) is 0. The van der Waals surface area contributed by atoms with E-state index < -0.39 is 24.0 Å². The number of aliphatic carboxylic acids is 1. The summed E-state index contributed by atoms with van der Waals surface area (Å²) in [6.07, 6.45) is 2.20. The second-order valence-electron chi connectivity index (χ2n) is 6.44. The fraction of sp³-hybridized carbons (Fsp3) is 0.200. The normalized spacial score (nSPS) is 13.2. The predicted molar refractivity (Wildman–Crippen MR) is 101 cm³/mol. The molecule has 0 unspecified atom stereocenters. The first-order chi connectivity index (χ1) is 12.9. The molecule has 0 saturated heterocycles. The first kappa shape index (κ1) is 18.5. The first-order valence-corrected chi connectivity index (χ1v) is 8.55. The molecule has 7 heteroatoms. The quantitative estimate of drug-likeness (QED) is 0.433. The number of carboxylic acid groups (broad SMARTS) is 1. The Labute approximate surface area is 155 Å². The molecule has 0 bridgehead atoms. The topological polar surface area (TPSA) is 128 Å². The van der Waals surface area contributed by atoms with Crippen LogP contribution in [-0.2, 0) is 22.4 Å². The molecule has 140 valence electrons. The molecule has 0 aliphatic carbocycles. The van der Waals surface area contributed by atoms with Crippen LogP contribution in [0.15, 0.2) is 54.7 Å². The maximum atomic E-state index is 12.4. The van der Waals surface area contributed by atoms with E-state index >= 15 is 0 Å². The molecule has 3 aromatic rings. The van der Waals surface area contributed by atoms with Crippen LogP contribution in [0.4, 0.5) is 0 Å². The summed E-state index contributed by atoms with van der Waals surface area (Å²) in [5, 5.41) is 22.2. The average Bonchev–Trinajstić information content (AvgIpc) is 3.05. The molecule has 0 fully saturated rings. The largest absolute Gasteiger partial charge is 0.508 e. The first-order valence-electron chi connectivity index (χ1n) is 8.55. The molecule has 0 spiro atoms. The number of rotatable bonds is 7. The van der Waals surface area contributed by atoms with Crippen LogP contribution in [0, 0.1) is 0 Å². The second kappa shape index (κ2) is 7.92. The minimum absolute atomic E-state index is 0.0930. The van der Waals surface area contributed by atoms with Crippen LogP contribution in [0.3, 0.4) is 0 Å². The van der Waals surface area contributed by atoms with Crippen molar-refractivity contribution < 1.29 is 19.8 Å². The number of amides is 1. The summed E-state index contributed by atoms with van der Waals surface area (Å²) in [5.41, 5.74) is 8.55. The summed E-state index contributed by atoms with van der Waals surface area (Å²) in [6.45, 7) is 0. The molecule has 27 heavy (non-hydrogen) atoms. The Balaban J connectivity index is 1.66. The number of carbonyl (C=O) groups excluding carboxylic acids is 1. The molecule has 0 aliphatic heterocycles. The predicted octanol–water partition coefficient (Wildman–Crippen LogP) is 1.56. The number of H-pyrrole nitrogens is 1. The van der Waals surface area contributed by atoms with Gasteiger partial charge in [-0.2, -0.15) is 0 Å². The molecule has 0 radical (unpaired) electrons. The van der Waals surface area contributed by atoms with Crippen molar-refractivity contribution in [1.29, 1.82) is 0 Å². The Kier molecular flexibility index (Phi) is 5.42. The van der Waals surface area contributed by atoms with Crippen molar-refractivity contribution in [3.8, 4) is 5.75 Å². The van der Waals surface area contributed by atoms with Gasteiger partial charge in [-0.25, -0.2) is 4.79 Å². The number of aromatic nitrogens is 1. The fourth-order valence-electron chi connectivity index (χ4n) is 2.98. The van der Waals surface area contributed by atoms with Gasteiger partial charge in [0.15, 0.2) is 0 Å². The lowest BCUT2D eigenvalue weighted by atomic mass is 10.0. The summed E-state index contributed by atoms with van der Waals surface area (Å²) in [4.78, 5) is 27.1. The number of phenols is 1. The van der Waals surface area contributed by atoms with E-state index in [1.807, 2.05) is 30.5 Å². The second-order valence-corrected chi connectivity index (χ2v) is 6.44. The molecule has 1 heterocycles. The molecule has 3 rings (SSSR count). The van der Waals surface area contributed by atoms with E-state index in [-0.39, 0.29) is 12.2 Å². The van der Waals surface area contributed by atoms with E-state index in [2.05, 4.69) is 10.3 Å². The van der Waals surface area contributed by atoms with E-state index in [1.165, 1.54) is 12.1 Å². The van der Waals surface area contributed by atoms with E-state index in [9.17, 15) is 19.8 Å². The number of hydrogen-bond donors (Lipinski definition) is 5. The number of fused-ring (bicyclic) bond motifs is 1. The highest BCUT2D eigenvalue weighted by Gasteiger charge is 2.24. The third kappa shape index (κ3) is 4.45. The van der Waals surface area contributed by atoms with Gasteiger partial charge in [0.25, 0.3) is 0 Å². The number of aromatic hydroxyl groups is 1. The van der Waals surface area contributed by atoms with Gasteiger partial charge in [0.05, 0.1) is 6.04 Å². The van der Waals surface area contributed by atoms with Gasteiger partial charge in [0.1, 0.15) is 11.8 Å². The van der Waals surface area contributed by atoms with Crippen LogP contribution in [0.5, 0.6) is 5.75 Å². The van der Waals surface area contributed by atoms with Gasteiger partial charge >= 0.3 is 5.97 Å². The lowest BCUT2D eigenvalue weighted by molar-refractivity contribution is -0.141. The molecule has 7 nitrogen and oxygen atoms in total. The molecule has 1 amide bonds. The summed E-state index contributed by atoms with van der Waals surface area (Å²) in [5.74, 6) is -1.57. The van der Waals surface area contributed by atoms with Gasteiger partial charge in [0, 0.05) is 23.5 Å². The molecule has 0 aliphatic rings. The molecule has 2 aromatic carbocycles. The Bertz CT molecular complexity index is 949. The minimum atomic E-state index is -1.14. The van der Waals surface area contributed by atoms with Crippen molar-refractivity contribution in [2.75, 3.05) is 0 Å². The molecular weight excluding hydrogens is 346 g/mol. The SMILES string of the molecule is N[C@H](Cc1c[nH]c2ccccc12)C(=O)N[C@H](Cc1ccc(O)cc1)C(=O)O. The van der Waals surface area contributed by atoms with Crippen molar-refractivity contribution in [3.05, 3.63) is 65.9 Å². The number of hydrogen-bond acceptors (Lipinski definition) is 4. The monoisotopic (exact) mass is 367 g/mol. The average molecular weight is 367 g/mol. The molecular formula is C20H21N3O4. The van der Waals surface area contributed by atoms with E-state index in [0.29, 0.717) is 12.0 Å². The number of carbonyl (C=O) groups is 2. The molecule has 1 aromatic heterocycles. The fourth-order valence-corrected chi connectivity index (χ4v) is 2.98. The minimum Gasteiger partial charge on any atom is -0.508 e. The third-order valence-corrected chi connectivity index (χ3v) is 4.44. The Morgan fingerprint density at radius 1 is 1.07 bits per heavy atom. The van der Waals surface area contributed by atoms with Crippen molar-refractivity contribution in [3.63, 3.8) is 0 Å². The zero-order valence-electron chi connectivity index (χ0n) is 14.6. The van der Waals surface area contributed by atoms with Crippen molar-refractivity contribution >= 4 is 22.8 Å². The Morgan fingerprint density at radius 3 is 2.48 bits per heavy atom. The van der Waals surface area contributed by atoms with Gasteiger partial charge in [0.2, 0.25) is 5.91 Å². The van der Waals surface area contributed by atoms with Gasteiger partial charge in [-0.15, -0.1) is 0 Å². The standard InChI is InChI=1S/C20H21N3O4/c21-16(10-13-11-22-17-4-2-1-3-15(13)17)19(25)23-18(20(26)27)9-12-5-7-14(24)8-6-12/h1-8,11,16,18,22,24H,9-10,21H2,(H,23,25)(H,26,27)/t16-,18-/m1/s1. The lowest BCUT2D eigenvalue weighted by Crippen LogP contribution is -2.50. The Morgan fingerprint density at radius 2 is 1.78 bits per heavy atom. The summed E-state index contributed by atoms with van der Waals surface area (Å²) in [6, 6.07) is 11.9. The maximum absolute atomic E-state index is 12.4. The molecule has 0 saturated carbocycles. The summed E-state index contributed by atoms with van der Waals surface area (Å²) >= 11 is 0. The van der Waals surface area contributed by atoms with Crippen LogP contribution in [0.1, 0.15) is 11.1 Å². The van der Waals surface area contributed by atoms with Gasteiger partial charge in [-0.1, -0.05) is 30.3 Å². The number of benzene rings is 2. The van der Waals surface area contributed by atoms with Crippen molar-refractivity contribution in [2.24, 2.45) is 5.73 Å². The van der Waals surface area contributed by atoms with E-state index in [1.54, 1.807) is 12.1 Å². The number of nitrogens with two attached hydrogens (primary N) is 1. The van der Waals surface area contributed by atoms with E-state index in [0.717, 1.165) is 16.5 Å². The zero-order valence-corrected chi connectivity index (χ0v) is 14.6. The number of aromatic amines is 1. The van der Waals surface area contributed by atoms with Crippen LogP contribution < -0.4 is 11.1 Å². The van der Waals surface area contributed by atoms with Crippen LogP contribution in [-0.4, -0.2) is 39.2 Å². The Hall–Kier alpha value is -3.32. The van der Waals surface area contributed by atoms with Crippen LogP contribution in [0.25, 0.3) is 10.9 Å².